The Bertz CT molecular complexity index is 430. The highest BCUT2D eigenvalue weighted by molar-refractivity contribution is 5.30. The number of likely N-dealkylation sites (N-methyl/N-ethyl adjacent to an activating group) is 1. The molecule has 1 saturated carbocycles. The van der Waals surface area contributed by atoms with E-state index in [0.717, 1.165) is 25.7 Å². The fraction of sp³-hybridized carbons (Fsp3) is 0.600. The van der Waals surface area contributed by atoms with Crippen LogP contribution >= 0.6 is 0 Å². The lowest BCUT2D eigenvalue weighted by Crippen LogP contribution is -2.38. The van der Waals surface area contributed by atoms with Crippen molar-refractivity contribution in [3.63, 3.8) is 0 Å². The minimum absolute atomic E-state index is 0.269. The van der Waals surface area contributed by atoms with Crippen LogP contribution in [0.25, 0.3) is 0 Å². The highest BCUT2D eigenvalue weighted by Gasteiger charge is 2.32. The van der Waals surface area contributed by atoms with Gasteiger partial charge in [-0.05, 0) is 26.0 Å². The summed E-state index contributed by atoms with van der Waals surface area (Å²) >= 11 is 0. The van der Waals surface area contributed by atoms with Crippen LogP contribution in [0.4, 0.5) is 4.39 Å². The van der Waals surface area contributed by atoms with Crippen LogP contribution in [0.15, 0.2) is 18.2 Å². The second-order valence-electron chi connectivity index (χ2n) is 5.54. The van der Waals surface area contributed by atoms with E-state index in [4.69, 9.17) is 4.74 Å². The van der Waals surface area contributed by atoms with Gasteiger partial charge in [-0.25, -0.2) is 4.39 Å². The molecule has 0 bridgehead atoms. The number of halogens is 1. The van der Waals surface area contributed by atoms with Gasteiger partial charge < -0.3 is 9.84 Å². The number of nitrogens with zero attached hydrogens (tertiary/aromatic N) is 1. The molecule has 3 nitrogen and oxygen atoms in total. The van der Waals surface area contributed by atoms with Gasteiger partial charge in [0.25, 0.3) is 0 Å². The number of methoxy groups -OCH3 is 1. The summed E-state index contributed by atoms with van der Waals surface area (Å²) in [7, 11) is 3.38. The first-order chi connectivity index (χ1) is 9.04. The Hall–Kier alpha value is -1.13. The van der Waals surface area contributed by atoms with Gasteiger partial charge in [0.2, 0.25) is 0 Å². The molecular weight excluding hydrogens is 245 g/mol. The summed E-state index contributed by atoms with van der Waals surface area (Å²) in [4.78, 5) is 1.98. The molecule has 106 valence electrons. The third-order valence-corrected chi connectivity index (χ3v) is 3.80. The molecule has 1 aromatic rings. The lowest BCUT2D eigenvalue weighted by Gasteiger charge is -2.28. The van der Waals surface area contributed by atoms with Gasteiger partial charge in [0.05, 0.1) is 12.7 Å². The summed E-state index contributed by atoms with van der Waals surface area (Å²) in [5.74, 6) is -0.0410. The summed E-state index contributed by atoms with van der Waals surface area (Å²) in [6, 6.07) is 5.16. The van der Waals surface area contributed by atoms with Gasteiger partial charge in [-0.1, -0.05) is 25.0 Å². The SMILES string of the molecule is COc1cccc(CN(C)CC2(O)CCCC2)c1F. The molecular formula is C15H22FNO2. The third-order valence-electron chi connectivity index (χ3n) is 3.80. The second-order valence-corrected chi connectivity index (χ2v) is 5.54. The molecule has 0 spiro atoms. The van der Waals surface area contributed by atoms with Gasteiger partial charge in [0, 0.05) is 18.7 Å². The standard InChI is InChI=1S/C15H22FNO2/c1-17(11-15(18)8-3-4-9-15)10-12-6-5-7-13(19-2)14(12)16/h5-7,18H,3-4,8-11H2,1-2H3. The summed E-state index contributed by atoms with van der Waals surface area (Å²) in [6.07, 6.45) is 3.85. The van der Waals surface area contributed by atoms with Crippen LogP contribution in [0.2, 0.25) is 0 Å². The van der Waals surface area contributed by atoms with E-state index in [1.807, 2.05) is 11.9 Å². The predicted octanol–water partition coefficient (Wildman–Crippen LogP) is 2.57. The average molecular weight is 267 g/mol. The molecule has 0 atom stereocenters. The van der Waals surface area contributed by atoms with Crippen LogP contribution in [-0.4, -0.2) is 36.3 Å². The second kappa shape index (κ2) is 5.88. The van der Waals surface area contributed by atoms with E-state index in [1.54, 1.807) is 18.2 Å². The first-order valence-electron chi connectivity index (χ1n) is 6.76. The highest BCUT2D eigenvalue weighted by atomic mass is 19.1. The Morgan fingerprint density at radius 2 is 2.05 bits per heavy atom. The van der Waals surface area contributed by atoms with E-state index >= 15 is 0 Å². The largest absolute Gasteiger partial charge is 0.494 e. The molecule has 2 rings (SSSR count). The fourth-order valence-corrected chi connectivity index (χ4v) is 2.88. The highest BCUT2D eigenvalue weighted by Crippen LogP contribution is 2.30. The van der Waals surface area contributed by atoms with Gasteiger partial charge in [-0.15, -0.1) is 0 Å². The van der Waals surface area contributed by atoms with Crippen LogP contribution in [0.3, 0.4) is 0 Å². The Morgan fingerprint density at radius 3 is 2.68 bits per heavy atom. The van der Waals surface area contributed by atoms with Crippen molar-refractivity contribution in [2.45, 2.75) is 37.8 Å². The van der Waals surface area contributed by atoms with E-state index in [-0.39, 0.29) is 11.6 Å². The van der Waals surface area contributed by atoms with Crippen molar-refractivity contribution in [1.29, 1.82) is 0 Å². The molecule has 0 amide bonds. The predicted molar refractivity (Wildman–Crippen MR) is 72.7 cm³/mol. The van der Waals surface area contributed by atoms with Crippen molar-refractivity contribution >= 4 is 0 Å². The van der Waals surface area contributed by atoms with Gasteiger partial charge in [0.15, 0.2) is 11.6 Å². The van der Waals surface area contributed by atoms with E-state index in [9.17, 15) is 9.50 Å². The maximum Gasteiger partial charge on any atom is 0.169 e. The molecule has 1 aliphatic rings. The topological polar surface area (TPSA) is 32.7 Å². The number of hydrogen-bond acceptors (Lipinski definition) is 3. The first-order valence-corrected chi connectivity index (χ1v) is 6.76. The van der Waals surface area contributed by atoms with Gasteiger partial charge >= 0.3 is 0 Å². The van der Waals surface area contributed by atoms with Crippen LogP contribution < -0.4 is 4.74 Å². The quantitative estimate of drug-likeness (QED) is 0.890. The fourth-order valence-electron chi connectivity index (χ4n) is 2.88. The van der Waals surface area contributed by atoms with Gasteiger partial charge in [-0.3, -0.25) is 4.90 Å². The van der Waals surface area contributed by atoms with Crippen molar-refractivity contribution < 1.29 is 14.2 Å². The number of benzene rings is 1. The first kappa shape index (κ1) is 14.3. The van der Waals surface area contributed by atoms with Crippen LogP contribution in [0, 0.1) is 5.82 Å². The maximum atomic E-state index is 14.0. The lowest BCUT2D eigenvalue weighted by molar-refractivity contribution is 0.0143. The van der Waals surface area contributed by atoms with E-state index < -0.39 is 5.60 Å². The molecule has 0 saturated heterocycles. The van der Waals surface area contributed by atoms with Crippen molar-refractivity contribution in [3.8, 4) is 5.75 Å². The van der Waals surface area contributed by atoms with E-state index in [0.29, 0.717) is 18.7 Å². The summed E-state index contributed by atoms with van der Waals surface area (Å²) in [6.45, 7) is 1.06. The molecule has 1 aromatic carbocycles. The van der Waals surface area contributed by atoms with Crippen molar-refractivity contribution in [1.82, 2.24) is 4.90 Å². The van der Waals surface area contributed by atoms with Crippen LogP contribution in [0.5, 0.6) is 5.75 Å². The van der Waals surface area contributed by atoms with E-state index in [2.05, 4.69) is 0 Å². The number of aliphatic hydroxyl groups is 1. The van der Waals surface area contributed by atoms with Crippen LogP contribution in [0.1, 0.15) is 31.2 Å². The maximum absolute atomic E-state index is 14.0. The van der Waals surface area contributed by atoms with Gasteiger partial charge in [0.1, 0.15) is 0 Å². The Morgan fingerprint density at radius 1 is 1.37 bits per heavy atom. The monoisotopic (exact) mass is 267 g/mol. The lowest BCUT2D eigenvalue weighted by atomic mass is 10.0. The number of rotatable bonds is 5. The Labute approximate surface area is 114 Å². The minimum atomic E-state index is -0.593. The van der Waals surface area contributed by atoms with Gasteiger partial charge in [-0.2, -0.15) is 0 Å². The summed E-state index contributed by atoms with van der Waals surface area (Å²) < 4.78 is 19.0. The zero-order valence-corrected chi connectivity index (χ0v) is 11.7. The smallest absolute Gasteiger partial charge is 0.169 e. The molecule has 19 heavy (non-hydrogen) atoms. The average Bonchev–Trinajstić information content (AvgIpc) is 2.78. The Balaban J connectivity index is 2.00. The molecule has 0 radical (unpaired) electrons. The molecule has 0 unspecified atom stereocenters. The third kappa shape index (κ3) is 3.45. The Kier molecular flexibility index (Phi) is 4.42. The molecule has 1 aliphatic carbocycles. The molecule has 0 heterocycles. The summed E-state index contributed by atoms with van der Waals surface area (Å²) in [5.41, 5.74) is 0.00725. The van der Waals surface area contributed by atoms with Crippen molar-refractivity contribution in [2.24, 2.45) is 0 Å². The normalized spacial score (nSPS) is 17.9. The zero-order chi connectivity index (χ0) is 13.9. The van der Waals surface area contributed by atoms with Crippen molar-refractivity contribution in [2.75, 3.05) is 20.7 Å². The molecule has 0 aromatic heterocycles. The minimum Gasteiger partial charge on any atom is -0.494 e. The molecule has 4 heteroatoms. The van der Waals surface area contributed by atoms with Crippen LogP contribution in [-0.2, 0) is 6.54 Å². The molecule has 1 N–H and O–H groups in total. The number of ether oxygens (including phenoxy) is 1. The van der Waals surface area contributed by atoms with E-state index in [1.165, 1.54) is 7.11 Å². The zero-order valence-electron chi connectivity index (χ0n) is 11.7. The summed E-state index contributed by atoms with van der Waals surface area (Å²) in [5, 5.41) is 10.3. The number of hydrogen-bond donors (Lipinski definition) is 1. The molecule has 1 fully saturated rings. The molecule has 0 aliphatic heterocycles. The van der Waals surface area contributed by atoms with Crippen molar-refractivity contribution in [3.05, 3.63) is 29.6 Å².